The fraction of sp³-hybridized carbons (Fsp3) is 0.364. The predicted molar refractivity (Wildman–Crippen MR) is 70.5 cm³/mol. The summed E-state index contributed by atoms with van der Waals surface area (Å²) in [5.41, 5.74) is 1.62. The monoisotopic (exact) mass is 278 g/mol. The normalized spacial score (nSPS) is 10.3. The largest absolute Gasteiger partial charge is 0.476 e. The molecule has 0 fully saturated rings. The Hall–Kier alpha value is -2.71. The van der Waals surface area contributed by atoms with Gasteiger partial charge in [-0.25, -0.2) is 4.98 Å². The molecule has 20 heavy (non-hydrogen) atoms. The van der Waals surface area contributed by atoms with Crippen molar-refractivity contribution in [1.29, 1.82) is 0 Å². The van der Waals surface area contributed by atoms with E-state index in [9.17, 15) is 10.1 Å². The SMILES string of the molecule is COc1ncnc(NCc2cnn(C)c2C)c1[N+](=O)[O-]. The van der Waals surface area contributed by atoms with Crippen molar-refractivity contribution in [2.75, 3.05) is 12.4 Å². The fourth-order valence-electron chi connectivity index (χ4n) is 1.70. The number of anilines is 1. The van der Waals surface area contributed by atoms with Crippen molar-refractivity contribution in [3.8, 4) is 5.88 Å². The standard InChI is InChI=1S/C11H14N6O3/c1-7-8(5-15-16(7)2)4-12-10-9(17(18)19)11(20-3)14-6-13-10/h5-6H,4H2,1-3H3,(H,12,13,14). The Morgan fingerprint density at radius 2 is 2.25 bits per heavy atom. The van der Waals surface area contributed by atoms with Gasteiger partial charge in [0.05, 0.1) is 18.2 Å². The first-order chi connectivity index (χ1) is 9.54. The third-order valence-corrected chi connectivity index (χ3v) is 2.95. The second-order valence-corrected chi connectivity index (χ2v) is 4.07. The highest BCUT2D eigenvalue weighted by molar-refractivity contribution is 5.61. The van der Waals surface area contributed by atoms with Crippen LogP contribution >= 0.6 is 0 Å². The Morgan fingerprint density at radius 3 is 2.80 bits per heavy atom. The number of nitrogens with zero attached hydrogens (tertiary/aromatic N) is 5. The number of aryl methyl sites for hydroxylation is 1. The van der Waals surface area contributed by atoms with Crippen molar-refractivity contribution < 1.29 is 9.66 Å². The van der Waals surface area contributed by atoms with Crippen LogP contribution in [0.5, 0.6) is 5.88 Å². The van der Waals surface area contributed by atoms with Gasteiger partial charge in [-0.15, -0.1) is 0 Å². The molecule has 0 aliphatic rings. The molecule has 0 aliphatic carbocycles. The molecule has 9 nitrogen and oxygen atoms in total. The van der Waals surface area contributed by atoms with Gasteiger partial charge >= 0.3 is 5.69 Å². The summed E-state index contributed by atoms with van der Waals surface area (Å²) >= 11 is 0. The van der Waals surface area contributed by atoms with Crippen LogP contribution in [-0.4, -0.2) is 31.8 Å². The van der Waals surface area contributed by atoms with E-state index >= 15 is 0 Å². The van der Waals surface area contributed by atoms with Crippen molar-refractivity contribution in [3.63, 3.8) is 0 Å². The van der Waals surface area contributed by atoms with Crippen LogP contribution in [0, 0.1) is 17.0 Å². The third-order valence-electron chi connectivity index (χ3n) is 2.95. The Labute approximate surface area is 114 Å². The van der Waals surface area contributed by atoms with E-state index < -0.39 is 4.92 Å². The molecule has 2 aromatic heterocycles. The van der Waals surface area contributed by atoms with Gasteiger partial charge in [-0.1, -0.05) is 0 Å². The van der Waals surface area contributed by atoms with Crippen LogP contribution < -0.4 is 10.1 Å². The Morgan fingerprint density at radius 1 is 1.50 bits per heavy atom. The van der Waals surface area contributed by atoms with Crippen LogP contribution in [0.4, 0.5) is 11.5 Å². The number of rotatable bonds is 5. The molecule has 0 aliphatic heterocycles. The summed E-state index contributed by atoms with van der Waals surface area (Å²) in [5, 5.41) is 18.1. The lowest BCUT2D eigenvalue weighted by Gasteiger charge is -2.07. The molecule has 0 saturated carbocycles. The topological polar surface area (TPSA) is 108 Å². The summed E-state index contributed by atoms with van der Waals surface area (Å²) < 4.78 is 6.61. The summed E-state index contributed by atoms with van der Waals surface area (Å²) in [6.07, 6.45) is 2.91. The van der Waals surface area contributed by atoms with Crippen molar-refractivity contribution in [1.82, 2.24) is 19.7 Å². The van der Waals surface area contributed by atoms with E-state index in [1.54, 1.807) is 10.9 Å². The second-order valence-electron chi connectivity index (χ2n) is 4.07. The van der Waals surface area contributed by atoms with Gasteiger partial charge in [-0.3, -0.25) is 14.8 Å². The van der Waals surface area contributed by atoms with Gasteiger partial charge in [0.25, 0.3) is 5.88 Å². The molecule has 1 N–H and O–H groups in total. The number of nitrogens with one attached hydrogen (secondary N) is 1. The van der Waals surface area contributed by atoms with E-state index in [4.69, 9.17) is 4.74 Å². The summed E-state index contributed by atoms with van der Waals surface area (Å²) in [7, 11) is 3.15. The van der Waals surface area contributed by atoms with Gasteiger partial charge < -0.3 is 10.1 Å². The minimum Gasteiger partial charge on any atom is -0.476 e. The lowest BCUT2D eigenvalue weighted by atomic mass is 10.2. The van der Waals surface area contributed by atoms with Crippen LogP contribution in [0.25, 0.3) is 0 Å². The molecule has 106 valence electrons. The molecule has 0 saturated heterocycles. The maximum Gasteiger partial charge on any atom is 0.372 e. The maximum atomic E-state index is 11.1. The minimum atomic E-state index is -0.572. The predicted octanol–water partition coefficient (Wildman–Crippen LogP) is 1.05. The molecular weight excluding hydrogens is 264 g/mol. The molecule has 9 heteroatoms. The van der Waals surface area contributed by atoms with Crippen LogP contribution in [0.2, 0.25) is 0 Å². The van der Waals surface area contributed by atoms with Crippen LogP contribution in [0.3, 0.4) is 0 Å². The number of aromatic nitrogens is 4. The molecule has 0 bridgehead atoms. The molecule has 2 heterocycles. The molecular formula is C11H14N6O3. The first-order valence-electron chi connectivity index (χ1n) is 5.79. The zero-order valence-corrected chi connectivity index (χ0v) is 11.3. The molecule has 0 radical (unpaired) electrons. The van der Waals surface area contributed by atoms with Crippen molar-refractivity contribution in [2.24, 2.45) is 7.05 Å². The lowest BCUT2D eigenvalue weighted by Crippen LogP contribution is -2.07. The van der Waals surface area contributed by atoms with E-state index in [0.29, 0.717) is 6.54 Å². The third kappa shape index (κ3) is 2.51. The van der Waals surface area contributed by atoms with E-state index in [-0.39, 0.29) is 17.4 Å². The van der Waals surface area contributed by atoms with Gasteiger partial charge in [-0.2, -0.15) is 10.1 Å². The van der Waals surface area contributed by atoms with E-state index in [0.717, 1.165) is 11.3 Å². The number of hydrogen-bond donors (Lipinski definition) is 1. The minimum absolute atomic E-state index is 0.0737. The highest BCUT2D eigenvalue weighted by Gasteiger charge is 2.23. The van der Waals surface area contributed by atoms with E-state index in [2.05, 4.69) is 20.4 Å². The Balaban J connectivity index is 2.25. The van der Waals surface area contributed by atoms with Gasteiger partial charge in [0.15, 0.2) is 0 Å². The first-order valence-corrected chi connectivity index (χ1v) is 5.79. The summed E-state index contributed by atoms with van der Waals surface area (Å²) in [6, 6.07) is 0. The second kappa shape index (κ2) is 5.51. The van der Waals surface area contributed by atoms with Crippen molar-refractivity contribution >= 4 is 11.5 Å². The number of nitro groups is 1. The molecule has 0 amide bonds. The maximum absolute atomic E-state index is 11.1. The van der Waals surface area contributed by atoms with Crippen molar-refractivity contribution in [3.05, 3.63) is 33.9 Å². The fourth-order valence-corrected chi connectivity index (χ4v) is 1.70. The van der Waals surface area contributed by atoms with Crippen LogP contribution in [0.15, 0.2) is 12.5 Å². The van der Waals surface area contributed by atoms with Gasteiger partial charge in [0.2, 0.25) is 5.82 Å². The number of hydrogen-bond acceptors (Lipinski definition) is 7. The smallest absolute Gasteiger partial charge is 0.372 e. The Bertz CT molecular complexity index is 639. The van der Waals surface area contributed by atoms with Gasteiger partial charge in [-0.05, 0) is 6.92 Å². The van der Waals surface area contributed by atoms with Gasteiger partial charge in [0.1, 0.15) is 6.33 Å². The molecule has 2 aromatic rings. The zero-order chi connectivity index (χ0) is 14.7. The molecule has 0 spiro atoms. The van der Waals surface area contributed by atoms with E-state index in [1.807, 2.05) is 14.0 Å². The lowest BCUT2D eigenvalue weighted by molar-refractivity contribution is -0.385. The molecule has 0 unspecified atom stereocenters. The van der Waals surface area contributed by atoms with Crippen molar-refractivity contribution in [2.45, 2.75) is 13.5 Å². The average Bonchev–Trinajstić information content (AvgIpc) is 2.75. The average molecular weight is 278 g/mol. The zero-order valence-electron chi connectivity index (χ0n) is 11.3. The van der Waals surface area contributed by atoms with Crippen LogP contribution in [-0.2, 0) is 13.6 Å². The first kappa shape index (κ1) is 13.7. The summed E-state index contributed by atoms with van der Waals surface area (Å²) in [4.78, 5) is 18.1. The summed E-state index contributed by atoms with van der Waals surface area (Å²) in [5.74, 6) is 0.0421. The molecule has 0 atom stereocenters. The summed E-state index contributed by atoms with van der Waals surface area (Å²) in [6.45, 7) is 2.29. The molecule has 0 aromatic carbocycles. The van der Waals surface area contributed by atoms with Crippen LogP contribution in [0.1, 0.15) is 11.3 Å². The van der Waals surface area contributed by atoms with E-state index in [1.165, 1.54) is 13.4 Å². The number of methoxy groups -OCH3 is 1. The highest BCUT2D eigenvalue weighted by atomic mass is 16.6. The van der Waals surface area contributed by atoms with Gasteiger partial charge in [0, 0.05) is 24.8 Å². The number of ether oxygens (including phenoxy) is 1. The molecule has 2 rings (SSSR count). The quantitative estimate of drug-likeness (QED) is 0.643. The Kier molecular flexibility index (Phi) is 3.78. The highest BCUT2D eigenvalue weighted by Crippen LogP contribution is 2.30.